The van der Waals surface area contributed by atoms with Gasteiger partial charge in [-0.25, -0.2) is 0 Å². The number of hydrogen-bond acceptors (Lipinski definition) is 1. The molecule has 1 nitrogen and oxygen atoms in total. The van der Waals surface area contributed by atoms with Gasteiger partial charge in [-0.1, -0.05) is 0 Å². The maximum atomic E-state index is 4.71. The Morgan fingerprint density at radius 1 is 1.80 bits per heavy atom. The van der Waals surface area contributed by atoms with Crippen LogP contribution in [0.15, 0.2) is 0 Å². The first kappa shape index (κ1) is 5.71. The molecule has 0 fully saturated rings. The summed E-state index contributed by atoms with van der Waals surface area (Å²) in [6, 6.07) is 0. The Morgan fingerprint density at radius 3 is 2.00 bits per heavy atom. The molecule has 2 heteroatoms. The van der Waals surface area contributed by atoms with Crippen LogP contribution >= 0.6 is 0 Å². The molecular formula is C3H6OZr+2. The summed E-state index contributed by atoms with van der Waals surface area (Å²) < 4.78 is 5.80. The number of hydrogen-bond donors (Lipinski definition) is 0. The van der Waals surface area contributed by atoms with E-state index >= 15 is 0 Å². The molecule has 0 aliphatic rings. The standard InChI is InChI=1S/C3H6O.Zr/c1-3-4-2;/h1-2H3;/q;+2. The molecule has 0 saturated heterocycles. The van der Waals surface area contributed by atoms with Gasteiger partial charge in [-0.15, -0.1) is 0 Å². The molecule has 0 aromatic heterocycles. The summed E-state index contributed by atoms with van der Waals surface area (Å²) in [6.45, 7) is 1.96. The molecule has 0 rings (SSSR count). The Morgan fingerprint density at radius 2 is 2.00 bits per heavy atom. The Kier molecular flexibility index (Phi) is 3.34. The average molecular weight is 149 g/mol. The van der Waals surface area contributed by atoms with E-state index < -0.39 is 0 Å². The molecule has 0 saturated carbocycles. The zero-order valence-electron chi connectivity index (χ0n) is 3.41. The van der Waals surface area contributed by atoms with Crippen LogP contribution in [0.25, 0.3) is 0 Å². The molecule has 0 aliphatic carbocycles. The molecule has 0 aliphatic heterocycles. The number of methoxy groups -OCH3 is 1. The third-order valence-corrected chi connectivity index (χ3v) is 0.808. The van der Waals surface area contributed by atoms with Crippen LogP contribution in [0.4, 0.5) is 0 Å². The Bertz CT molecular complexity index is 42.2. The van der Waals surface area contributed by atoms with Crippen molar-refractivity contribution in [2.24, 2.45) is 0 Å². The molecule has 0 bridgehead atoms. The van der Waals surface area contributed by atoms with E-state index in [1.165, 1.54) is 24.2 Å². The normalized spacial score (nSPS) is 8.00. The SMILES string of the molecule is CO[C](C)=[Zr+2]. The van der Waals surface area contributed by atoms with Crippen LogP contribution in [0.1, 0.15) is 6.92 Å². The second-order valence-corrected chi connectivity index (χ2v) is 2.49. The second-order valence-electron chi connectivity index (χ2n) is 0.760. The first-order valence-corrected chi connectivity index (χ1v) is 2.59. The summed E-state index contributed by atoms with van der Waals surface area (Å²) in [5.74, 6) is 0. The molecule has 0 aromatic rings. The summed E-state index contributed by atoms with van der Waals surface area (Å²) in [4.78, 5) is 0. The van der Waals surface area contributed by atoms with Gasteiger partial charge in [0.1, 0.15) is 0 Å². The van der Waals surface area contributed by atoms with E-state index in [2.05, 4.69) is 0 Å². The van der Waals surface area contributed by atoms with Crippen molar-refractivity contribution in [2.45, 2.75) is 6.92 Å². The van der Waals surface area contributed by atoms with Gasteiger partial charge in [0.15, 0.2) is 0 Å². The fourth-order valence-corrected chi connectivity index (χ4v) is 0. The van der Waals surface area contributed by atoms with Gasteiger partial charge in [0, 0.05) is 0 Å². The van der Waals surface area contributed by atoms with Gasteiger partial charge in [-0.2, -0.15) is 0 Å². The van der Waals surface area contributed by atoms with Crippen LogP contribution in [0.2, 0.25) is 0 Å². The Hall–Kier alpha value is 0.713. The van der Waals surface area contributed by atoms with Crippen molar-refractivity contribution in [3.63, 3.8) is 0 Å². The maximum absolute atomic E-state index is 4.71. The van der Waals surface area contributed by atoms with E-state index in [-0.39, 0.29) is 0 Å². The molecule has 0 atom stereocenters. The zero-order valence-corrected chi connectivity index (χ0v) is 5.87. The van der Waals surface area contributed by atoms with Crippen molar-refractivity contribution in [1.29, 1.82) is 0 Å². The van der Waals surface area contributed by atoms with Crippen LogP contribution in [-0.4, -0.2) is 10.5 Å². The summed E-state index contributed by atoms with van der Waals surface area (Å²) in [7, 11) is 1.68. The van der Waals surface area contributed by atoms with Crippen molar-refractivity contribution >= 4 is 3.39 Å². The number of ether oxygens (including phenoxy) is 1. The van der Waals surface area contributed by atoms with Crippen molar-refractivity contribution in [3.05, 3.63) is 0 Å². The van der Waals surface area contributed by atoms with E-state index in [9.17, 15) is 0 Å². The number of rotatable bonds is 1. The summed E-state index contributed by atoms with van der Waals surface area (Å²) in [6.07, 6.45) is 0. The predicted molar refractivity (Wildman–Crippen MR) is 17.7 cm³/mol. The second kappa shape index (κ2) is 2.93. The minimum atomic E-state index is 1.09. The predicted octanol–water partition coefficient (Wildman–Crippen LogP) is 0.329. The quantitative estimate of drug-likeness (QED) is 0.522. The first-order chi connectivity index (χ1) is 2.27. The minimum absolute atomic E-state index is 1.09. The van der Waals surface area contributed by atoms with Gasteiger partial charge in [0.2, 0.25) is 0 Å². The van der Waals surface area contributed by atoms with Crippen LogP contribution < -0.4 is 0 Å². The van der Waals surface area contributed by atoms with Crippen LogP contribution in [-0.2, 0) is 29.0 Å². The van der Waals surface area contributed by atoms with Crippen molar-refractivity contribution in [3.8, 4) is 0 Å². The van der Waals surface area contributed by atoms with Crippen LogP contribution in [0, 0.1) is 0 Å². The van der Waals surface area contributed by atoms with Gasteiger partial charge in [0.25, 0.3) is 0 Å². The Labute approximate surface area is 46.6 Å². The topological polar surface area (TPSA) is 9.23 Å². The van der Waals surface area contributed by atoms with E-state index in [1.54, 1.807) is 7.11 Å². The van der Waals surface area contributed by atoms with Gasteiger partial charge < -0.3 is 0 Å². The van der Waals surface area contributed by atoms with Gasteiger partial charge >= 0.3 is 46.4 Å². The van der Waals surface area contributed by atoms with Gasteiger partial charge in [-0.05, 0) is 0 Å². The molecule has 26 valence electrons. The van der Waals surface area contributed by atoms with E-state index in [0.29, 0.717) is 0 Å². The summed E-state index contributed by atoms with van der Waals surface area (Å²) in [5.41, 5.74) is 0. The molecule has 0 aromatic carbocycles. The molecule has 5 heavy (non-hydrogen) atoms. The van der Waals surface area contributed by atoms with Gasteiger partial charge in [-0.3, -0.25) is 0 Å². The summed E-state index contributed by atoms with van der Waals surface area (Å²) in [5, 5.41) is 0. The van der Waals surface area contributed by atoms with E-state index in [1.807, 2.05) is 6.92 Å². The monoisotopic (exact) mass is 148 g/mol. The molecule has 0 amide bonds. The van der Waals surface area contributed by atoms with Gasteiger partial charge in [0.05, 0.1) is 0 Å². The average Bonchev–Trinajstić information content (AvgIpc) is 1.38. The molecule has 0 radical (unpaired) electrons. The van der Waals surface area contributed by atoms with E-state index in [0.717, 1.165) is 3.39 Å². The molecule has 0 unspecified atom stereocenters. The third kappa shape index (κ3) is 4.71. The fraction of sp³-hybridized carbons (Fsp3) is 0.667. The molecule has 0 heterocycles. The van der Waals surface area contributed by atoms with Crippen molar-refractivity contribution < 1.29 is 29.0 Å². The van der Waals surface area contributed by atoms with Crippen LogP contribution in [0.5, 0.6) is 0 Å². The van der Waals surface area contributed by atoms with Crippen LogP contribution in [0.3, 0.4) is 0 Å². The molecular weight excluding hydrogens is 143 g/mol. The Balaban J connectivity index is 2.85. The summed E-state index contributed by atoms with van der Waals surface area (Å²) >= 11 is 1.36. The van der Waals surface area contributed by atoms with Crippen molar-refractivity contribution in [2.75, 3.05) is 7.11 Å². The third-order valence-electron chi connectivity index (χ3n) is 0.306. The zero-order chi connectivity index (χ0) is 4.28. The van der Waals surface area contributed by atoms with E-state index in [4.69, 9.17) is 4.74 Å². The fourth-order valence-electron chi connectivity index (χ4n) is 0. The first-order valence-electron chi connectivity index (χ1n) is 1.36. The molecule has 0 spiro atoms. The molecule has 0 N–H and O–H groups in total. The van der Waals surface area contributed by atoms with Crippen molar-refractivity contribution in [1.82, 2.24) is 0 Å².